The number of nitrogens with two attached hydrogens (primary N) is 1. The zero-order chi connectivity index (χ0) is 19.0. The number of rotatable bonds is 3. The number of nitrogens with zero attached hydrogens (tertiary/aromatic N) is 3. The fraction of sp³-hybridized carbons (Fsp3) is 0.231. The Morgan fingerprint density at radius 3 is 2.16 bits per heavy atom. The second kappa shape index (κ2) is 6.58. The number of aliphatic imine (C=N–C) groups is 1. The molecule has 2 N–H and O–H groups in total. The number of primary amides is 1. The molecule has 0 aliphatic carbocycles. The number of hydrogen-bond donors (Lipinski definition) is 1. The number of amidine groups is 1. The molecule has 136 valence electrons. The van der Waals surface area contributed by atoms with Crippen LogP contribution in [0.2, 0.25) is 0 Å². The van der Waals surface area contributed by atoms with Crippen LogP contribution < -0.4 is 10.7 Å². The van der Waals surface area contributed by atoms with Gasteiger partial charge in [0.2, 0.25) is 12.0 Å². The molecular formula is C13H9BrF6N4O. The van der Waals surface area contributed by atoms with E-state index in [4.69, 9.17) is 5.73 Å². The lowest BCUT2D eigenvalue weighted by Gasteiger charge is -2.34. The third-order valence-corrected chi connectivity index (χ3v) is 3.56. The minimum absolute atomic E-state index is 0.0995. The molecule has 1 aliphatic rings. The first-order valence-corrected chi connectivity index (χ1v) is 7.24. The van der Waals surface area contributed by atoms with Gasteiger partial charge in [-0.2, -0.15) is 26.3 Å². The maximum atomic E-state index is 13.3. The van der Waals surface area contributed by atoms with Crippen LogP contribution in [0.5, 0.6) is 0 Å². The number of para-hydroxylation sites is 1. The van der Waals surface area contributed by atoms with Crippen molar-refractivity contribution >= 4 is 33.4 Å². The Hall–Kier alpha value is -2.24. The largest absolute Gasteiger partial charge is 0.451 e. The number of halogens is 7. The van der Waals surface area contributed by atoms with Gasteiger partial charge in [-0.05, 0) is 28.1 Å². The van der Waals surface area contributed by atoms with E-state index in [1.165, 1.54) is 30.3 Å². The Bertz CT molecular complexity index is 715. The van der Waals surface area contributed by atoms with Gasteiger partial charge in [0.1, 0.15) is 4.48 Å². The number of hydrogen-bond acceptors (Lipinski definition) is 4. The van der Waals surface area contributed by atoms with Crippen molar-refractivity contribution in [2.45, 2.75) is 18.5 Å². The van der Waals surface area contributed by atoms with E-state index in [0.717, 1.165) is 0 Å². The smallest absolute Gasteiger partial charge is 0.365 e. The molecule has 1 aromatic carbocycles. The molecule has 0 spiro atoms. The summed E-state index contributed by atoms with van der Waals surface area (Å²) in [6, 6.07) is 6.52. The summed E-state index contributed by atoms with van der Waals surface area (Å²) in [5.74, 6) is -3.00. The number of alkyl halides is 6. The van der Waals surface area contributed by atoms with Crippen molar-refractivity contribution in [2.24, 2.45) is 10.7 Å². The van der Waals surface area contributed by atoms with Gasteiger partial charge in [-0.3, -0.25) is 4.79 Å². The highest BCUT2D eigenvalue weighted by molar-refractivity contribution is 9.12. The van der Waals surface area contributed by atoms with Crippen molar-refractivity contribution in [2.75, 3.05) is 5.01 Å². The Morgan fingerprint density at radius 1 is 1.16 bits per heavy atom. The van der Waals surface area contributed by atoms with E-state index in [9.17, 15) is 31.1 Å². The third-order valence-electron chi connectivity index (χ3n) is 2.96. The van der Waals surface area contributed by atoms with Crippen molar-refractivity contribution in [3.8, 4) is 0 Å². The SMILES string of the molecule is NC(=O)/C(Br)=C\N1C(C(F)(F)F)=NC(C(F)(F)F)N1c1ccccc1. The minimum atomic E-state index is -5.20. The molecule has 0 bridgehead atoms. The Balaban J connectivity index is 2.65. The average molecular weight is 431 g/mol. The second-order valence-electron chi connectivity index (χ2n) is 4.73. The molecule has 1 aromatic rings. The standard InChI is InChI=1S/C13H9BrF6N4O/c14-8(9(21)25)6-23-10(12(15,16)17)22-11(13(18,19)20)24(23)7-4-2-1-3-5-7/h1-6,11H,(H2,21,25)/b8-6+. The number of amides is 1. The third kappa shape index (κ3) is 4.06. The number of benzene rings is 1. The highest BCUT2D eigenvalue weighted by Crippen LogP contribution is 2.39. The van der Waals surface area contributed by atoms with Gasteiger partial charge in [0.15, 0.2) is 0 Å². The van der Waals surface area contributed by atoms with Gasteiger partial charge in [0.25, 0.3) is 5.91 Å². The average Bonchev–Trinajstić information content (AvgIpc) is 2.87. The molecule has 1 amide bonds. The quantitative estimate of drug-likeness (QED) is 0.591. The van der Waals surface area contributed by atoms with Crippen LogP contribution in [0.25, 0.3) is 0 Å². The van der Waals surface area contributed by atoms with Crippen molar-refractivity contribution in [3.05, 3.63) is 41.0 Å². The minimum Gasteiger partial charge on any atom is -0.365 e. The summed E-state index contributed by atoms with van der Waals surface area (Å²) >= 11 is 2.63. The van der Waals surface area contributed by atoms with E-state index < -0.39 is 34.7 Å². The molecule has 25 heavy (non-hydrogen) atoms. The van der Waals surface area contributed by atoms with Gasteiger partial charge in [0.05, 0.1) is 5.69 Å². The summed E-state index contributed by atoms with van der Waals surface area (Å²) in [4.78, 5) is 13.9. The number of carbonyl (C=O) groups excluding carboxylic acids is 1. The number of anilines is 1. The van der Waals surface area contributed by atoms with Crippen molar-refractivity contribution < 1.29 is 31.1 Å². The number of hydrazine groups is 1. The summed E-state index contributed by atoms with van der Waals surface area (Å²) in [6.07, 6.45) is -12.6. The number of carbonyl (C=O) groups is 1. The van der Waals surface area contributed by atoms with Crippen molar-refractivity contribution in [1.82, 2.24) is 5.01 Å². The first kappa shape index (κ1) is 19.1. The monoisotopic (exact) mass is 430 g/mol. The predicted molar refractivity (Wildman–Crippen MR) is 80.3 cm³/mol. The summed E-state index contributed by atoms with van der Waals surface area (Å²) < 4.78 is 78.8. The topological polar surface area (TPSA) is 61.9 Å². The molecule has 2 rings (SSSR count). The van der Waals surface area contributed by atoms with E-state index in [1.54, 1.807) is 0 Å². The molecule has 0 radical (unpaired) electrons. The van der Waals surface area contributed by atoms with E-state index in [2.05, 4.69) is 20.9 Å². The van der Waals surface area contributed by atoms with Gasteiger partial charge in [-0.15, -0.1) is 0 Å². The first-order valence-electron chi connectivity index (χ1n) is 6.45. The summed E-state index contributed by atoms with van der Waals surface area (Å²) in [5, 5.41) is 0.370. The van der Waals surface area contributed by atoms with Gasteiger partial charge in [0, 0.05) is 6.20 Å². The van der Waals surface area contributed by atoms with Crippen LogP contribution in [0.15, 0.2) is 46.0 Å². The second-order valence-corrected chi connectivity index (χ2v) is 5.59. The summed E-state index contributed by atoms with van der Waals surface area (Å²) in [6.45, 7) is 0. The maximum absolute atomic E-state index is 13.3. The molecule has 0 aromatic heterocycles. The zero-order valence-corrected chi connectivity index (χ0v) is 13.6. The van der Waals surface area contributed by atoms with Crippen LogP contribution in [0.4, 0.5) is 32.0 Å². The maximum Gasteiger partial charge on any atom is 0.451 e. The Labute approximate surface area is 145 Å². The van der Waals surface area contributed by atoms with Crippen molar-refractivity contribution in [1.29, 1.82) is 0 Å². The molecule has 1 heterocycles. The van der Waals surface area contributed by atoms with E-state index >= 15 is 0 Å². The fourth-order valence-electron chi connectivity index (χ4n) is 2.01. The summed E-state index contributed by atoms with van der Waals surface area (Å²) in [5.41, 5.74) is 4.72. The molecule has 1 aliphatic heterocycles. The molecular weight excluding hydrogens is 422 g/mol. The van der Waals surface area contributed by atoms with Gasteiger partial charge in [-0.25, -0.2) is 15.0 Å². The Kier molecular flexibility index (Phi) is 5.02. The summed E-state index contributed by atoms with van der Waals surface area (Å²) in [7, 11) is 0. The van der Waals surface area contributed by atoms with Gasteiger partial charge < -0.3 is 5.73 Å². The first-order chi connectivity index (χ1) is 11.4. The molecule has 0 saturated heterocycles. The van der Waals surface area contributed by atoms with Crippen LogP contribution in [0.1, 0.15) is 0 Å². The molecule has 1 atom stereocenters. The predicted octanol–water partition coefficient (Wildman–Crippen LogP) is 3.29. The van der Waals surface area contributed by atoms with E-state index in [-0.39, 0.29) is 15.7 Å². The molecule has 0 saturated carbocycles. The zero-order valence-electron chi connectivity index (χ0n) is 12.0. The van der Waals surface area contributed by atoms with E-state index in [0.29, 0.717) is 6.20 Å². The lowest BCUT2D eigenvalue weighted by Crippen LogP contribution is -2.50. The van der Waals surface area contributed by atoms with Gasteiger partial charge >= 0.3 is 12.4 Å². The molecule has 12 heteroatoms. The Morgan fingerprint density at radius 2 is 1.72 bits per heavy atom. The van der Waals surface area contributed by atoms with Crippen LogP contribution in [-0.4, -0.2) is 35.3 Å². The normalized spacial score (nSPS) is 19.2. The van der Waals surface area contributed by atoms with Crippen LogP contribution in [0.3, 0.4) is 0 Å². The molecule has 1 unspecified atom stereocenters. The van der Waals surface area contributed by atoms with Crippen LogP contribution in [-0.2, 0) is 4.79 Å². The highest BCUT2D eigenvalue weighted by Gasteiger charge is 2.56. The van der Waals surface area contributed by atoms with Crippen molar-refractivity contribution in [3.63, 3.8) is 0 Å². The molecule has 0 fully saturated rings. The van der Waals surface area contributed by atoms with Crippen LogP contribution in [0, 0.1) is 0 Å². The van der Waals surface area contributed by atoms with Crippen LogP contribution >= 0.6 is 15.9 Å². The van der Waals surface area contributed by atoms with Gasteiger partial charge in [-0.1, -0.05) is 18.2 Å². The lowest BCUT2D eigenvalue weighted by molar-refractivity contribution is -0.148. The lowest BCUT2D eigenvalue weighted by atomic mass is 10.3. The van der Waals surface area contributed by atoms with E-state index in [1.807, 2.05) is 0 Å². The fourth-order valence-corrected chi connectivity index (χ4v) is 2.20. The highest BCUT2D eigenvalue weighted by atomic mass is 79.9. The molecule has 5 nitrogen and oxygen atoms in total.